The van der Waals surface area contributed by atoms with E-state index >= 15 is 0 Å². The molecule has 0 aromatic carbocycles. The Bertz CT molecular complexity index is 632. The van der Waals surface area contributed by atoms with Crippen molar-refractivity contribution in [3.63, 3.8) is 0 Å². The number of pyridine rings is 1. The molecule has 0 spiro atoms. The van der Waals surface area contributed by atoms with Crippen molar-refractivity contribution in [2.75, 3.05) is 5.32 Å². The van der Waals surface area contributed by atoms with Crippen LogP contribution in [0.1, 0.15) is 29.2 Å². The van der Waals surface area contributed by atoms with E-state index in [1.54, 1.807) is 18.3 Å². The van der Waals surface area contributed by atoms with Gasteiger partial charge in [0.15, 0.2) is 0 Å². The van der Waals surface area contributed by atoms with Crippen LogP contribution in [-0.2, 0) is 6.42 Å². The standard InChI is InChI=1S/C12H14N4OS2/c1-7(2)6-9-15-16-12(19-9)14-10(17)8-4-3-5-13-11(8)18/h3-5,7H,6H2,1-2H3,(H,13,18)(H,14,16,17). The fourth-order valence-corrected chi connectivity index (χ4v) is 2.68. The molecule has 1 amide bonds. The Labute approximate surface area is 120 Å². The first kappa shape index (κ1) is 13.8. The molecule has 2 rings (SSSR count). The van der Waals surface area contributed by atoms with E-state index in [4.69, 9.17) is 12.2 Å². The van der Waals surface area contributed by atoms with Crippen molar-refractivity contribution in [2.45, 2.75) is 20.3 Å². The first-order chi connectivity index (χ1) is 9.06. The van der Waals surface area contributed by atoms with Crippen LogP contribution in [0.4, 0.5) is 5.13 Å². The SMILES string of the molecule is CC(C)Cc1nnc(NC(=O)c2ccc[nH]c2=S)s1. The molecule has 0 radical (unpaired) electrons. The minimum absolute atomic E-state index is 0.269. The summed E-state index contributed by atoms with van der Waals surface area (Å²) >= 11 is 6.45. The highest BCUT2D eigenvalue weighted by atomic mass is 32.1. The third-order valence-corrected chi connectivity index (χ3v) is 3.53. The lowest BCUT2D eigenvalue weighted by molar-refractivity contribution is 0.102. The normalized spacial score (nSPS) is 10.7. The van der Waals surface area contributed by atoms with Crippen LogP contribution < -0.4 is 5.32 Å². The molecule has 19 heavy (non-hydrogen) atoms. The number of carbonyl (C=O) groups is 1. The van der Waals surface area contributed by atoms with Gasteiger partial charge in [0, 0.05) is 12.6 Å². The van der Waals surface area contributed by atoms with E-state index in [1.165, 1.54) is 11.3 Å². The fraction of sp³-hybridized carbons (Fsp3) is 0.333. The van der Waals surface area contributed by atoms with E-state index < -0.39 is 0 Å². The van der Waals surface area contributed by atoms with E-state index in [0.717, 1.165) is 11.4 Å². The Morgan fingerprint density at radius 1 is 1.53 bits per heavy atom. The highest BCUT2D eigenvalue weighted by Crippen LogP contribution is 2.19. The third-order valence-electron chi connectivity index (χ3n) is 2.33. The Hall–Kier alpha value is -1.60. The first-order valence-electron chi connectivity index (χ1n) is 5.87. The van der Waals surface area contributed by atoms with Crippen molar-refractivity contribution in [3.05, 3.63) is 33.5 Å². The number of carbonyl (C=O) groups excluding carboxylic acids is 1. The number of hydrogen-bond donors (Lipinski definition) is 2. The summed E-state index contributed by atoms with van der Waals surface area (Å²) in [4.78, 5) is 14.8. The molecular formula is C12H14N4OS2. The second-order valence-electron chi connectivity index (χ2n) is 4.47. The lowest BCUT2D eigenvalue weighted by atomic mass is 10.1. The molecular weight excluding hydrogens is 280 g/mol. The predicted octanol–water partition coefficient (Wildman–Crippen LogP) is 3.05. The summed E-state index contributed by atoms with van der Waals surface area (Å²) in [5.74, 6) is 0.244. The molecule has 0 atom stereocenters. The number of nitrogens with one attached hydrogen (secondary N) is 2. The van der Waals surface area contributed by atoms with Gasteiger partial charge in [-0.25, -0.2) is 0 Å². The molecule has 0 fully saturated rings. The molecule has 2 heterocycles. The number of aromatic nitrogens is 3. The van der Waals surface area contributed by atoms with E-state index in [9.17, 15) is 4.79 Å². The number of anilines is 1. The van der Waals surface area contributed by atoms with Gasteiger partial charge >= 0.3 is 0 Å². The highest BCUT2D eigenvalue weighted by Gasteiger charge is 2.12. The molecule has 2 N–H and O–H groups in total. The van der Waals surface area contributed by atoms with Gasteiger partial charge in [0.25, 0.3) is 5.91 Å². The molecule has 0 aliphatic rings. The maximum Gasteiger partial charge on any atom is 0.260 e. The van der Waals surface area contributed by atoms with E-state index in [-0.39, 0.29) is 5.91 Å². The topological polar surface area (TPSA) is 70.7 Å². The minimum atomic E-state index is -0.269. The monoisotopic (exact) mass is 294 g/mol. The number of hydrogen-bond acceptors (Lipinski definition) is 5. The van der Waals surface area contributed by atoms with Gasteiger partial charge in [-0.15, -0.1) is 10.2 Å². The molecule has 0 bridgehead atoms. The van der Waals surface area contributed by atoms with Gasteiger partial charge < -0.3 is 4.98 Å². The van der Waals surface area contributed by atoms with Crippen LogP contribution in [-0.4, -0.2) is 21.1 Å². The van der Waals surface area contributed by atoms with E-state index in [0.29, 0.717) is 21.3 Å². The summed E-state index contributed by atoms with van der Waals surface area (Å²) in [7, 11) is 0. The molecule has 0 saturated heterocycles. The van der Waals surface area contributed by atoms with Gasteiger partial charge in [-0.05, 0) is 18.1 Å². The van der Waals surface area contributed by atoms with Crippen molar-refractivity contribution < 1.29 is 4.79 Å². The van der Waals surface area contributed by atoms with Crippen molar-refractivity contribution in [1.29, 1.82) is 0 Å². The average molecular weight is 294 g/mol. The lowest BCUT2D eigenvalue weighted by Gasteiger charge is -2.00. The molecule has 0 unspecified atom stereocenters. The number of amides is 1. The summed E-state index contributed by atoms with van der Waals surface area (Å²) < 4.78 is 0.409. The van der Waals surface area contributed by atoms with Crippen LogP contribution in [0, 0.1) is 10.6 Å². The third kappa shape index (κ3) is 3.68. The predicted molar refractivity (Wildman–Crippen MR) is 78.0 cm³/mol. The van der Waals surface area contributed by atoms with Gasteiger partial charge in [-0.1, -0.05) is 37.4 Å². The van der Waals surface area contributed by atoms with E-state index in [2.05, 4.69) is 34.3 Å². The molecule has 2 aromatic heterocycles. The molecule has 0 aliphatic heterocycles. The Balaban J connectivity index is 2.09. The van der Waals surface area contributed by atoms with Crippen LogP contribution in [0.15, 0.2) is 18.3 Å². The smallest absolute Gasteiger partial charge is 0.260 e. The lowest BCUT2D eigenvalue weighted by Crippen LogP contribution is -2.12. The summed E-state index contributed by atoms with van der Waals surface area (Å²) in [6, 6.07) is 3.40. The second kappa shape index (κ2) is 6.03. The van der Waals surface area contributed by atoms with Crippen LogP contribution >= 0.6 is 23.6 Å². The number of H-pyrrole nitrogens is 1. The summed E-state index contributed by atoms with van der Waals surface area (Å²) in [6.45, 7) is 4.23. The van der Waals surface area contributed by atoms with E-state index in [1.807, 2.05) is 0 Å². The van der Waals surface area contributed by atoms with Crippen LogP contribution in [0.2, 0.25) is 0 Å². The molecule has 100 valence electrons. The Kier molecular flexibility index (Phi) is 4.39. The zero-order valence-electron chi connectivity index (χ0n) is 10.6. The van der Waals surface area contributed by atoms with Crippen LogP contribution in [0.3, 0.4) is 0 Å². The van der Waals surface area contributed by atoms with Gasteiger partial charge in [-0.2, -0.15) is 0 Å². The molecule has 2 aromatic rings. The zero-order chi connectivity index (χ0) is 13.8. The van der Waals surface area contributed by atoms with Gasteiger partial charge in [0.2, 0.25) is 5.13 Å². The number of nitrogens with zero attached hydrogens (tertiary/aromatic N) is 2. The summed E-state index contributed by atoms with van der Waals surface area (Å²) in [5.41, 5.74) is 0.429. The second-order valence-corrected chi connectivity index (χ2v) is 5.94. The molecule has 0 aliphatic carbocycles. The maximum atomic E-state index is 12.0. The molecule has 0 saturated carbocycles. The van der Waals surface area contributed by atoms with Crippen molar-refractivity contribution in [3.8, 4) is 0 Å². The first-order valence-corrected chi connectivity index (χ1v) is 7.10. The summed E-state index contributed by atoms with van der Waals surface area (Å²) in [6.07, 6.45) is 2.55. The highest BCUT2D eigenvalue weighted by molar-refractivity contribution is 7.71. The molecule has 5 nitrogen and oxygen atoms in total. The Morgan fingerprint density at radius 2 is 2.32 bits per heavy atom. The quantitative estimate of drug-likeness (QED) is 0.850. The largest absolute Gasteiger partial charge is 0.352 e. The van der Waals surface area contributed by atoms with Gasteiger partial charge in [0.05, 0.1) is 5.56 Å². The van der Waals surface area contributed by atoms with Crippen LogP contribution in [0.25, 0.3) is 0 Å². The van der Waals surface area contributed by atoms with Crippen molar-refractivity contribution in [2.24, 2.45) is 5.92 Å². The average Bonchev–Trinajstić information content (AvgIpc) is 2.76. The van der Waals surface area contributed by atoms with Gasteiger partial charge in [0.1, 0.15) is 9.65 Å². The van der Waals surface area contributed by atoms with Gasteiger partial charge in [-0.3, -0.25) is 10.1 Å². The van der Waals surface area contributed by atoms with Crippen LogP contribution in [0.5, 0.6) is 0 Å². The maximum absolute atomic E-state index is 12.0. The number of rotatable bonds is 4. The summed E-state index contributed by atoms with van der Waals surface area (Å²) in [5, 5.41) is 12.1. The van der Waals surface area contributed by atoms with Crippen molar-refractivity contribution >= 4 is 34.6 Å². The fourth-order valence-electron chi connectivity index (χ4n) is 1.50. The molecule has 7 heteroatoms. The zero-order valence-corrected chi connectivity index (χ0v) is 12.3. The minimum Gasteiger partial charge on any atom is -0.352 e. The van der Waals surface area contributed by atoms with Crippen molar-refractivity contribution in [1.82, 2.24) is 15.2 Å². The number of aromatic amines is 1. The Morgan fingerprint density at radius 3 is 3.00 bits per heavy atom.